The van der Waals surface area contributed by atoms with Gasteiger partial charge < -0.3 is 15.2 Å². The summed E-state index contributed by atoms with van der Waals surface area (Å²) < 4.78 is 0. The summed E-state index contributed by atoms with van der Waals surface area (Å²) in [6.45, 7) is 7.31. The van der Waals surface area contributed by atoms with E-state index in [0.717, 1.165) is 44.8 Å². The van der Waals surface area contributed by atoms with Crippen LogP contribution in [0.4, 0.5) is 0 Å². The van der Waals surface area contributed by atoms with E-state index in [1.165, 1.54) is 25.8 Å². The second-order valence-corrected chi connectivity index (χ2v) is 7.66. The lowest BCUT2D eigenvalue weighted by Crippen LogP contribution is -2.60. The van der Waals surface area contributed by atoms with Crippen molar-refractivity contribution >= 4 is 5.91 Å². The van der Waals surface area contributed by atoms with Gasteiger partial charge in [-0.05, 0) is 52.2 Å². The fraction of sp³-hybridized carbons (Fsp3) is 0.778. The van der Waals surface area contributed by atoms with Gasteiger partial charge in [-0.15, -0.1) is 0 Å². The lowest BCUT2D eigenvalue weighted by atomic mass is 9.97. The van der Waals surface area contributed by atoms with Crippen LogP contribution in [0.1, 0.15) is 61.3 Å². The number of fused-ring (bicyclic) bond motifs is 1. The number of aromatic amines is 1. The predicted octanol–water partition coefficient (Wildman–Crippen LogP) is 1.58. The van der Waals surface area contributed by atoms with Gasteiger partial charge in [-0.2, -0.15) is 0 Å². The molecule has 3 aliphatic heterocycles. The van der Waals surface area contributed by atoms with Crippen LogP contribution in [0, 0.1) is 0 Å². The number of carbonyl (C=O) groups is 1. The van der Waals surface area contributed by atoms with Crippen molar-refractivity contribution in [1.82, 2.24) is 25.1 Å². The van der Waals surface area contributed by atoms with Gasteiger partial charge in [0.15, 0.2) is 0 Å². The smallest absolute Gasteiger partial charge is 0.272 e. The number of amides is 1. The second kappa shape index (κ2) is 6.84. The number of aromatic nitrogens is 2. The van der Waals surface area contributed by atoms with Crippen LogP contribution in [0.5, 0.6) is 0 Å². The fourth-order valence-corrected chi connectivity index (χ4v) is 4.54. The lowest BCUT2D eigenvalue weighted by Gasteiger charge is -2.47. The van der Waals surface area contributed by atoms with Crippen LogP contribution >= 0.6 is 0 Å². The molecule has 2 atom stereocenters. The molecule has 0 spiro atoms. The number of hydrogen-bond donors (Lipinski definition) is 2. The molecular weight excluding hydrogens is 302 g/mol. The molecule has 3 saturated heterocycles. The van der Waals surface area contributed by atoms with Crippen LogP contribution in [0.15, 0.2) is 6.20 Å². The van der Waals surface area contributed by atoms with E-state index in [4.69, 9.17) is 0 Å². The molecule has 6 nitrogen and oxygen atoms in total. The minimum Gasteiger partial charge on any atom is -0.338 e. The number of nitrogens with one attached hydrogen (secondary N) is 2. The van der Waals surface area contributed by atoms with Gasteiger partial charge in [0.2, 0.25) is 0 Å². The summed E-state index contributed by atoms with van der Waals surface area (Å²) >= 11 is 0. The van der Waals surface area contributed by atoms with Crippen molar-refractivity contribution in [3.05, 3.63) is 17.7 Å². The molecule has 0 bridgehead atoms. The third-order valence-electron chi connectivity index (χ3n) is 6.00. The molecule has 3 fully saturated rings. The van der Waals surface area contributed by atoms with E-state index < -0.39 is 0 Å². The monoisotopic (exact) mass is 331 g/mol. The molecule has 1 amide bonds. The highest BCUT2D eigenvalue weighted by Crippen LogP contribution is 2.26. The van der Waals surface area contributed by atoms with Crippen molar-refractivity contribution in [3.8, 4) is 0 Å². The Kier molecular flexibility index (Phi) is 4.59. The highest BCUT2D eigenvalue weighted by Gasteiger charge is 2.36. The maximum atomic E-state index is 13.0. The number of hydrogen-bond acceptors (Lipinski definition) is 4. The van der Waals surface area contributed by atoms with Crippen LogP contribution in [0.25, 0.3) is 0 Å². The topological polar surface area (TPSA) is 64.3 Å². The summed E-state index contributed by atoms with van der Waals surface area (Å²) in [5.74, 6) is 1.57. The molecule has 3 aliphatic rings. The van der Waals surface area contributed by atoms with Crippen molar-refractivity contribution in [3.63, 3.8) is 0 Å². The molecule has 1 aromatic rings. The molecule has 0 aliphatic carbocycles. The maximum Gasteiger partial charge on any atom is 0.272 e. The molecule has 0 radical (unpaired) electrons. The Balaban J connectivity index is 1.45. The Morgan fingerprint density at radius 3 is 2.88 bits per heavy atom. The number of rotatable bonds is 2. The summed E-state index contributed by atoms with van der Waals surface area (Å²) in [4.78, 5) is 25.5. The number of piperazine rings is 1. The quantitative estimate of drug-likeness (QED) is 0.863. The van der Waals surface area contributed by atoms with E-state index in [0.29, 0.717) is 17.7 Å². The van der Waals surface area contributed by atoms with E-state index in [1.54, 1.807) is 6.20 Å². The summed E-state index contributed by atoms with van der Waals surface area (Å²) in [5.41, 5.74) is 0.666. The van der Waals surface area contributed by atoms with Gasteiger partial charge in [-0.3, -0.25) is 9.69 Å². The molecule has 2 unspecified atom stereocenters. The molecule has 132 valence electrons. The average molecular weight is 331 g/mol. The first kappa shape index (κ1) is 16.1. The van der Waals surface area contributed by atoms with Gasteiger partial charge in [-0.1, -0.05) is 6.42 Å². The van der Waals surface area contributed by atoms with E-state index in [9.17, 15) is 4.79 Å². The predicted molar refractivity (Wildman–Crippen MR) is 93.1 cm³/mol. The number of piperidine rings is 2. The van der Waals surface area contributed by atoms with Crippen molar-refractivity contribution < 1.29 is 4.79 Å². The first-order chi connectivity index (χ1) is 11.7. The summed E-state index contributed by atoms with van der Waals surface area (Å²) in [7, 11) is 0. The molecule has 24 heavy (non-hydrogen) atoms. The third-order valence-corrected chi connectivity index (χ3v) is 6.00. The van der Waals surface area contributed by atoms with Crippen LogP contribution < -0.4 is 5.32 Å². The molecule has 2 N–H and O–H groups in total. The average Bonchev–Trinajstić information content (AvgIpc) is 3.11. The minimum absolute atomic E-state index is 0.125. The zero-order chi connectivity index (χ0) is 16.5. The molecule has 0 aromatic carbocycles. The zero-order valence-electron chi connectivity index (χ0n) is 14.6. The Hall–Kier alpha value is -1.40. The fourth-order valence-electron chi connectivity index (χ4n) is 4.54. The van der Waals surface area contributed by atoms with E-state index in [2.05, 4.69) is 32.0 Å². The second-order valence-electron chi connectivity index (χ2n) is 7.66. The van der Waals surface area contributed by atoms with Gasteiger partial charge in [-0.25, -0.2) is 4.98 Å². The van der Waals surface area contributed by atoms with Gasteiger partial charge >= 0.3 is 0 Å². The normalized spacial score (nSPS) is 29.5. The molecule has 6 heteroatoms. The van der Waals surface area contributed by atoms with Gasteiger partial charge in [0.25, 0.3) is 5.91 Å². The van der Waals surface area contributed by atoms with Crippen molar-refractivity contribution in [2.75, 3.05) is 32.7 Å². The van der Waals surface area contributed by atoms with E-state index in [1.807, 2.05) is 0 Å². The van der Waals surface area contributed by atoms with Crippen molar-refractivity contribution in [1.29, 1.82) is 0 Å². The summed E-state index contributed by atoms with van der Waals surface area (Å²) in [6, 6.07) is 0.822. The number of nitrogens with zero attached hydrogens (tertiary/aromatic N) is 3. The van der Waals surface area contributed by atoms with Crippen molar-refractivity contribution in [2.45, 2.75) is 57.0 Å². The van der Waals surface area contributed by atoms with E-state index >= 15 is 0 Å². The zero-order valence-corrected chi connectivity index (χ0v) is 14.6. The Bertz CT molecular complexity index is 580. The number of imidazole rings is 1. The van der Waals surface area contributed by atoms with Crippen LogP contribution in [0.3, 0.4) is 0 Å². The highest BCUT2D eigenvalue weighted by molar-refractivity contribution is 5.92. The summed E-state index contributed by atoms with van der Waals surface area (Å²) in [6.07, 6.45) is 7.76. The molecule has 4 heterocycles. The highest BCUT2D eigenvalue weighted by atomic mass is 16.2. The largest absolute Gasteiger partial charge is 0.338 e. The van der Waals surface area contributed by atoms with Gasteiger partial charge in [0, 0.05) is 31.1 Å². The Labute approximate surface area is 144 Å². The molecular formula is C18H29N5O. The minimum atomic E-state index is 0.125. The Morgan fingerprint density at radius 2 is 2.04 bits per heavy atom. The summed E-state index contributed by atoms with van der Waals surface area (Å²) in [5, 5.41) is 3.38. The Morgan fingerprint density at radius 1 is 1.21 bits per heavy atom. The van der Waals surface area contributed by atoms with Crippen LogP contribution in [-0.4, -0.2) is 70.5 Å². The van der Waals surface area contributed by atoms with Gasteiger partial charge in [0.1, 0.15) is 11.5 Å². The van der Waals surface area contributed by atoms with Gasteiger partial charge in [0.05, 0.1) is 6.20 Å². The SMILES string of the molecule is CC1CN2CCCCC2CN1C(=O)c1cnc(C2CCNCC2)[nH]1. The van der Waals surface area contributed by atoms with Crippen LogP contribution in [-0.2, 0) is 0 Å². The molecule has 0 saturated carbocycles. The molecule has 4 rings (SSSR count). The standard InChI is InChI=1S/C18H29N5O/c1-13-11-22-9-3-2-4-15(22)12-23(13)18(24)16-10-20-17(21-16)14-5-7-19-8-6-14/h10,13-15,19H,2-9,11-12H2,1H3,(H,20,21). The molecule has 1 aromatic heterocycles. The van der Waals surface area contributed by atoms with E-state index in [-0.39, 0.29) is 11.9 Å². The van der Waals surface area contributed by atoms with Crippen LogP contribution in [0.2, 0.25) is 0 Å². The first-order valence-corrected chi connectivity index (χ1v) is 9.53. The number of H-pyrrole nitrogens is 1. The maximum absolute atomic E-state index is 13.0. The third kappa shape index (κ3) is 3.09. The lowest BCUT2D eigenvalue weighted by molar-refractivity contribution is 0.0148. The van der Waals surface area contributed by atoms with Crippen molar-refractivity contribution in [2.24, 2.45) is 0 Å². The number of carbonyl (C=O) groups excluding carboxylic acids is 1. The first-order valence-electron chi connectivity index (χ1n) is 9.53.